The van der Waals surface area contributed by atoms with Crippen LogP contribution in [0.25, 0.3) is 11.0 Å². The molecule has 0 saturated heterocycles. The van der Waals surface area contributed by atoms with Gasteiger partial charge >= 0.3 is 5.69 Å². The lowest BCUT2D eigenvalue weighted by molar-refractivity contribution is -0.383. The third-order valence-electron chi connectivity index (χ3n) is 3.72. The van der Waals surface area contributed by atoms with Gasteiger partial charge in [0.05, 0.1) is 37.0 Å². The van der Waals surface area contributed by atoms with E-state index in [2.05, 4.69) is 40.5 Å². The van der Waals surface area contributed by atoms with Crippen molar-refractivity contribution in [3.05, 3.63) is 22.2 Å². The van der Waals surface area contributed by atoms with Crippen LogP contribution >= 0.6 is 0 Å². The molecule has 0 saturated carbocycles. The molecule has 15 heteroatoms. The van der Waals surface area contributed by atoms with Gasteiger partial charge in [0.2, 0.25) is 23.4 Å². The summed E-state index contributed by atoms with van der Waals surface area (Å²) in [5, 5.41) is 24.3. The highest BCUT2D eigenvalue weighted by atomic mass is 16.6. The van der Waals surface area contributed by atoms with Gasteiger partial charge in [-0.15, -0.1) is 0 Å². The van der Waals surface area contributed by atoms with Crippen LogP contribution in [-0.2, 0) is 9.47 Å². The number of nitrogens with one attached hydrogen (secondary N) is 2. The summed E-state index contributed by atoms with van der Waals surface area (Å²) in [6, 6.07) is 2.89. The van der Waals surface area contributed by atoms with Crippen molar-refractivity contribution in [2.24, 2.45) is 0 Å². The highest BCUT2D eigenvalue weighted by Gasteiger charge is 2.19. The fourth-order valence-electron chi connectivity index (χ4n) is 2.45. The van der Waals surface area contributed by atoms with E-state index in [-0.39, 0.29) is 29.0 Å². The molecule has 0 bridgehead atoms. The Hall–Kier alpha value is -3.85. The monoisotopic (exact) mass is 420 g/mol. The number of benzene rings is 1. The van der Waals surface area contributed by atoms with Crippen molar-refractivity contribution in [1.82, 2.24) is 25.3 Å². The van der Waals surface area contributed by atoms with Crippen molar-refractivity contribution in [1.29, 1.82) is 0 Å². The van der Waals surface area contributed by atoms with Crippen molar-refractivity contribution in [2.75, 3.05) is 61.6 Å². The van der Waals surface area contributed by atoms with Gasteiger partial charge in [0.25, 0.3) is 0 Å². The number of non-ortho nitro benzene ring substituents is 1. The predicted octanol–water partition coefficient (Wildman–Crippen LogP) is 0.0376. The topological polar surface area (TPSA) is 215 Å². The van der Waals surface area contributed by atoms with E-state index in [4.69, 9.17) is 20.9 Å². The molecule has 6 N–H and O–H groups in total. The van der Waals surface area contributed by atoms with E-state index < -0.39 is 4.92 Å². The predicted molar refractivity (Wildman–Crippen MR) is 106 cm³/mol. The van der Waals surface area contributed by atoms with E-state index in [0.29, 0.717) is 50.7 Å². The molecule has 0 aliphatic rings. The largest absolute Gasteiger partial charge is 0.381 e. The second-order valence-electron chi connectivity index (χ2n) is 5.80. The number of nitrogens with zero attached hydrogens (tertiary/aromatic N) is 6. The molecule has 15 nitrogen and oxygen atoms in total. The van der Waals surface area contributed by atoms with Gasteiger partial charge in [0.15, 0.2) is 5.52 Å². The van der Waals surface area contributed by atoms with Crippen LogP contribution in [-0.4, -0.2) is 69.7 Å². The highest BCUT2D eigenvalue weighted by molar-refractivity contribution is 5.93. The molecular weight excluding hydrogens is 400 g/mol. The first-order valence-electron chi connectivity index (χ1n) is 8.84. The second kappa shape index (κ2) is 10.1. The number of ether oxygens (including phenoxy) is 2. The summed E-state index contributed by atoms with van der Waals surface area (Å²) in [6.45, 7) is 2.53. The van der Waals surface area contributed by atoms with Crippen LogP contribution in [0.4, 0.5) is 29.2 Å². The number of fused-ring (bicyclic) bond motifs is 1. The second-order valence-corrected chi connectivity index (χ2v) is 5.80. The van der Waals surface area contributed by atoms with Crippen LogP contribution in [0.2, 0.25) is 0 Å². The van der Waals surface area contributed by atoms with Crippen LogP contribution in [0.15, 0.2) is 16.8 Å². The van der Waals surface area contributed by atoms with E-state index >= 15 is 0 Å². The lowest BCUT2D eigenvalue weighted by Crippen LogP contribution is -2.16. The van der Waals surface area contributed by atoms with Crippen LogP contribution in [0.3, 0.4) is 0 Å². The Bertz CT molecular complexity index is 977. The summed E-state index contributed by atoms with van der Waals surface area (Å²) in [6.07, 6.45) is 0. The molecule has 160 valence electrons. The first-order chi connectivity index (χ1) is 14.5. The van der Waals surface area contributed by atoms with E-state index in [1.165, 1.54) is 6.07 Å². The van der Waals surface area contributed by atoms with Gasteiger partial charge in [0.1, 0.15) is 0 Å². The molecule has 0 fully saturated rings. The molecule has 1 aromatic carbocycles. The third-order valence-corrected chi connectivity index (χ3v) is 3.72. The molecule has 0 amide bonds. The normalized spacial score (nSPS) is 10.9. The van der Waals surface area contributed by atoms with Crippen LogP contribution < -0.4 is 22.1 Å². The van der Waals surface area contributed by atoms with E-state index in [1.54, 1.807) is 6.07 Å². The van der Waals surface area contributed by atoms with E-state index in [0.717, 1.165) is 0 Å². The fourth-order valence-corrected chi connectivity index (χ4v) is 2.45. The number of hydrogen-bond acceptors (Lipinski definition) is 14. The van der Waals surface area contributed by atoms with Crippen molar-refractivity contribution in [2.45, 2.75) is 0 Å². The minimum Gasteiger partial charge on any atom is -0.381 e. The Kier molecular flexibility index (Phi) is 7.01. The van der Waals surface area contributed by atoms with Gasteiger partial charge in [0, 0.05) is 19.2 Å². The number of nitrogens with two attached hydrogens (primary N) is 2. The fraction of sp³-hybridized carbons (Fsp3) is 0.400. The molecule has 0 radical (unpaired) electrons. The lowest BCUT2D eigenvalue weighted by Gasteiger charge is -2.09. The Morgan fingerprint density at radius 3 is 2.23 bits per heavy atom. The van der Waals surface area contributed by atoms with Crippen molar-refractivity contribution in [3.63, 3.8) is 0 Å². The summed E-state index contributed by atoms with van der Waals surface area (Å²) in [4.78, 5) is 21.9. The average molecular weight is 420 g/mol. The van der Waals surface area contributed by atoms with E-state index in [1.807, 2.05) is 0 Å². The zero-order valence-electron chi connectivity index (χ0n) is 15.8. The van der Waals surface area contributed by atoms with Gasteiger partial charge in [-0.25, -0.2) is 4.63 Å². The molecule has 0 aliphatic carbocycles. The van der Waals surface area contributed by atoms with Gasteiger partial charge in [-0.1, -0.05) is 0 Å². The smallest absolute Gasteiger partial charge is 0.300 e. The van der Waals surface area contributed by atoms with Crippen LogP contribution in [0, 0.1) is 10.1 Å². The molecule has 0 aliphatic heterocycles. The maximum atomic E-state index is 11.0. The van der Waals surface area contributed by atoms with Crippen molar-refractivity contribution >= 4 is 40.3 Å². The Labute approximate surface area is 169 Å². The first kappa shape index (κ1) is 20.9. The Morgan fingerprint density at radius 2 is 1.57 bits per heavy atom. The number of aromatic nitrogens is 5. The minimum absolute atomic E-state index is 0.0437. The van der Waals surface area contributed by atoms with Crippen LogP contribution in [0.5, 0.6) is 0 Å². The molecule has 30 heavy (non-hydrogen) atoms. The summed E-state index contributed by atoms with van der Waals surface area (Å²) >= 11 is 0. The van der Waals surface area contributed by atoms with Gasteiger partial charge < -0.3 is 31.6 Å². The molecule has 3 rings (SSSR count). The molecule has 2 aromatic heterocycles. The maximum absolute atomic E-state index is 11.0. The van der Waals surface area contributed by atoms with Crippen molar-refractivity contribution < 1.29 is 19.0 Å². The Balaban J connectivity index is 1.27. The third kappa shape index (κ3) is 5.58. The van der Waals surface area contributed by atoms with Crippen molar-refractivity contribution in [3.8, 4) is 0 Å². The zero-order chi connectivity index (χ0) is 21.3. The van der Waals surface area contributed by atoms with Crippen LogP contribution in [0.1, 0.15) is 0 Å². The first-order valence-corrected chi connectivity index (χ1v) is 8.84. The van der Waals surface area contributed by atoms with Gasteiger partial charge in [-0.3, -0.25) is 10.1 Å². The number of nitro groups is 1. The van der Waals surface area contributed by atoms with Gasteiger partial charge in [-0.2, -0.15) is 15.0 Å². The zero-order valence-corrected chi connectivity index (χ0v) is 15.8. The number of anilines is 4. The SMILES string of the molecule is Nc1nc(N)nc(NCCOCCOCCNc2ccc([N+](=O)[O-])c3nonc23)n1. The number of nitro benzene ring substituents is 1. The number of rotatable bonds is 12. The summed E-state index contributed by atoms with van der Waals surface area (Å²) in [7, 11) is 0. The molecule has 3 aromatic rings. The standard InChI is InChI=1S/C15H20N10O5/c16-13-20-14(17)22-15(21-13)19-4-6-29-8-7-28-5-3-18-9-1-2-10(25(26)27)12-11(9)23-30-24-12/h1-2,18H,3-8H2,(H5,16,17,19,20,21,22). The lowest BCUT2D eigenvalue weighted by atomic mass is 10.2. The number of nitrogen functional groups attached to an aromatic ring is 2. The molecule has 0 atom stereocenters. The summed E-state index contributed by atoms with van der Waals surface area (Å²) in [5.41, 5.74) is 11.7. The Morgan fingerprint density at radius 1 is 0.933 bits per heavy atom. The minimum atomic E-state index is -0.538. The van der Waals surface area contributed by atoms with Gasteiger partial charge in [-0.05, 0) is 16.4 Å². The molecule has 0 unspecified atom stereocenters. The molecule has 2 heterocycles. The highest BCUT2D eigenvalue weighted by Crippen LogP contribution is 2.28. The van der Waals surface area contributed by atoms with E-state index in [9.17, 15) is 10.1 Å². The summed E-state index contributed by atoms with van der Waals surface area (Å²) < 4.78 is 15.5. The molecular formula is C15H20N10O5. The molecule has 0 spiro atoms. The average Bonchev–Trinajstić information content (AvgIpc) is 3.18. The number of hydrogen-bond donors (Lipinski definition) is 4. The summed E-state index contributed by atoms with van der Waals surface area (Å²) in [5.74, 6) is 0.373. The quantitative estimate of drug-likeness (QED) is 0.173. The maximum Gasteiger partial charge on any atom is 0.300 e.